The summed E-state index contributed by atoms with van der Waals surface area (Å²) in [5.74, 6) is 0.247. The standard InChI is InChI=1S/C15H14N2OS/c18-12(7-8-13-4-3-9-19-13)10-17-11-16-14-5-1-2-6-15(14)17/h1-6,9,11H,7-8,10H2. The van der Waals surface area contributed by atoms with E-state index in [1.807, 2.05) is 40.3 Å². The second kappa shape index (κ2) is 5.36. The van der Waals surface area contributed by atoms with Crippen molar-refractivity contribution < 1.29 is 4.79 Å². The molecular formula is C15H14N2OS. The lowest BCUT2D eigenvalue weighted by Crippen LogP contribution is -2.09. The van der Waals surface area contributed by atoms with Gasteiger partial charge in [0.15, 0.2) is 5.78 Å². The number of imidazole rings is 1. The number of Topliss-reactive ketones (excluding diaryl/α,β-unsaturated/α-hetero) is 1. The number of fused-ring (bicyclic) bond motifs is 1. The summed E-state index contributed by atoms with van der Waals surface area (Å²) >= 11 is 1.70. The number of hydrogen-bond acceptors (Lipinski definition) is 3. The highest BCUT2D eigenvalue weighted by Crippen LogP contribution is 2.14. The van der Waals surface area contributed by atoms with Gasteiger partial charge in [-0.3, -0.25) is 4.79 Å². The monoisotopic (exact) mass is 270 g/mol. The zero-order valence-corrected chi connectivity index (χ0v) is 11.3. The summed E-state index contributed by atoms with van der Waals surface area (Å²) < 4.78 is 1.92. The predicted octanol–water partition coefficient (Wildman–Crippen LogP) is 3.30. The Bertz CT molecular complexity index is 685. The van der Waals surface area contributed by atoms with Gasteiger partial charge in [0.25, 0.3) is 0 Å². The van der Waals surface area contributed by atoms with Crippen LogP contribution < -0.4 is 0 Å². The van der Waals surface area contributed by atoms with Gasteiger partial charge < -0.3 is 4.57 Å². The normalized spacial score (nSPS) is 10.9. The lowest BCUT2D eigenvalue weighted by Gasteiger charge is -2.03. The lowest BCUT2D eigenvalue weighted by molar-refractivity contribution is -0.119. The molecule has 0 radical (unpaired) electrons. The Kier molecular flexibility index (Phi) is 3.42. The molecule has 3 aromatic rings. The fourth-order valence-corrected chi connectivity index (χ4v) is 2.83. The molecule has 19 heavy (non-hydrogen) atoms. The molecule has 0 saturated heterocycles. The highest BCUT2D eigenvalue weighted by molar-refractivity contribution is 7.09. The van der Waals surface area contributed by atoms with Crippen LogP contribution in [0.4, 0.5) is 0 Å². The third-order valence-electron chi connectivity index (χ3n) is 3.10. The fourth-order valence-electron chi connectivity index (χ4n) is 2.12. The summed E-state index contributed by atoms with van der Waals surface area (Å²) in [6, 6.07) is 12.0. The molecule has 4 heteroatoms. The van der Waals surface area contributed by atoms with Gasteiger partial charge in [0.2, 0.25) is 0 Å². The van der Waals surface area contributed by atoms with Crippen molar-refractivity contribution in [2.45, 2.75) is 19.4 Å². The molecule has 96 valence electrons. The second-order valence-corrected chi connectivity index (χ2v) is 5.51. The predicted molar refractivity (Wildman–Crippen MR) is 77.4 cm³/mol. The van der Waals surface area contributed by atoms with Crippen LogP contribution in [0.5, 0.6) is 0 Å². The first-order chi connectivity index (χ1) is 9.33. The van der Waals surface area contributed by atoms with Gasteiger partial charge in [-0.2, -0.15) is 0 Å². The number of aromatic nitrogens is 2. The number of nitrogens with zero attached hydrogens (tertiary/aromatic N) is 2. The Labute approximate surface area is 115 Å². The summed E-state index contributed by atoms with van der Waals surface area (Å²) in [6.07, 6.45) is 3.17. The summed E-state index contributed by atoms with van der Waals surface area (Å²) in [5, 5.41) is 2.04. The van der Waals surface area contributed by atoms with Crippen LogP contribution in [0.3, 0.4) is 0 Å². The minimum atomic E-state index is 0.247. The van der Waals surface area contributed by atoms with Gasteiger partial charge in [-0.1, -0.05) is 18.2 Å². The number of rotatable bonds is 5. The van der Waals surface area contributed by atoms with Crippen LogP contribution in [0.15, 0.2) is 48.1 Å². The molecule has 0 fully saturated rings. The Morgan fingerprint density at radius 3 is 2.95 bits per heavy atom. The van der Waals surface area contributed by atoms with Crippen LogP contribution in [0.2, 0.25) is 0 Å². The molecule has 3 nitrogen and oxygen atoms in total. The number of aryl methyl sites for hydroxylation is 1. The van der Waals surface area contributed by atoms with E-state index in [-0.39, 0.29) is 5.78 Å². The van der Waals surface area contributed by atoms with Crippen LogP contribution >= 0.6 is 11.3 Å². The minimum Gasteiger partial charge on any atom is -0.323 e. The zero-order valence-electron chi connectivity index (χ0n) is 10.5. The average molecular weight is 270 g/mol. The molecule has 0 amide bonds. The van der Waals surface area contributed by atoms with Crippen LogP contribution in [0.25, 0.3) is 11.0 Å². The van der Waals surface area contributed by atoms with Crippen molar-refractivity contribution in [1.29, 1.82) is 0 Å². The quantitative estimate of drug-likeness (QED) is 0.713. The maximum absolute atomic E-state index is 12.0. The lowest BCUT2D eigenvalue weighted by atomic mass is 10.2. The first-order valence-corrected chi connectivity index (χ1v) is 7.15. The molecule has 3 rings (SSSR count). The average Bonchev–Trinajstić information content (AvgIpc) is 3.07. The van der Waals surface area contributed by atoms with E-state index in [9.17, 15) is 4.79 Å². The SMILES string of the molecule is O=C(CCc1cccs1)Cn1cnc2ccccc21. The maximum atomic E-state index is 12.0. The van der Waals surface area contributed by atoms with Crippen LogP contribution in [-0.4, -0.2) is 15.3 Å². The first-order valence-electron chi connectivity index (χ1n) is 6.27. The zero-order chi connectivity index (χ0) is 13.1. The van der Waals surface area contributed by atoms with Gasteiger partial charge in [0.05, 0.1) is 23.9 Å². The smallest absolute Gasteiger partial charge is 0.152 e. The van der Waals surface area contributed by atoms with E-state index in [2.05, 4.69) is 11.1 Å². The number of ketones is 1. The van der Waals surface area contributed by atoms with E-state index in [1.54, 1.807) is 17.7 Å². The molecule has 0 N–H and O–H groups in total. The molecule has 0 aliphatic heterocycles. The number of para-hydroxylation sites is 2. The molecule has 0 atom stereocenters. The van der Waals surface area contributed by atoms with E-state index in [1.165, 1.54) is 4.88 Å². The van der Waals surface area contributed by atoms with Crippen LogP contribution in [-0.2, 0) is 17.8 Å². The summed E-state index contributed by atoms with van der Waals surface area (Å²) in [7, 11) is 0. The highest BCUT2D eigenvalue weighted by atomic mass is 32.1. The number of hydrogen-bond donors (Lipinski definition) is 0. The molecular weight excluding hydrogens is 256 g/mol. The topological polar surface area (TPSA) is 34.9 Å². The number of benzene rings is 1. The van der Waals surface area contributed by atoms with E-state index >= 15 is 0 Å². The fraction of sp³-hybridized carbons (Fsp3) is 0.200. The Morgan fingerprint density at radius 1 is 1.21 bits per heavy atom. The first kappa shape index (κ1) is 12.1. The van der Waals surface area contributed by atoms with Crippen molar-refractivity contribution in [1.82, 2.24) is 9.55 Å². The minimum absolute atomic E-state index is 0.247. The molecule has 0 unspecified atom stereocenters. The third kappa shape index (κ3) is 2.74. The van der Waals surface area contributed by atoms with Crippen molar-refractivity contribution in [3.8, 4) is 0 Å². The maximum Gasteiger partial charge on any atom is 0.152 e. The van der Waals surface area contributed by atoms with Gasteiger partial charge in [0.1, 0.15) is 0 Å². The van der Waals surface area contributed by atoms with E-state index in [0.29, 0.717) is 13.0 Å². The number of carbonyl (C=O) groups is 1. The summed E-state index contributed by atoms with van der Waals surface area (Å²) in [5.41, 5.74) is 1.96. The van der Waals surface area contributed by atoms with Gasteiger partial charge in [-0.25, -0.2) is 4.98 Å². The summed E-state index contributed by atoms with van der Waals surface area (Å²) in [6.45, 7) is 0.409. The van der Waals surface area contributed by atoms with Gasteiger partial charge in [0, 0.05) is 11.3 Å². The molecule has 0 bridgehead atoms. The number of carbonyl (C=O) groups excluding carboxylic acids is 1. The molecule has 2 heterocycles. The molecule has 0 saturated carbocycles. The van der Waals surface area contributed by atoms with Crippen LogP contribution in [0, 0.1) is 0 Å². The molecule has 0 spiro atoms. The summed E-state index contributed by atoms with van der Waals surface area (Å²) in [4.78, 5) is 17.6. The van der Waals surface area contributed by atoms with Crippen molar-refractivity contribution in [2.24, 2.45) is 0 Å². The van der Waals surface area contributed by atoms with Gasteiger partial charge >= 0.3 is 0 Å². The van der Waals surface area contributed by atoms with Gasteiger partial charge in [-0.05, 0) is 30.0 Å². The Balaban J connectivity index is 1.66. The Hall–Kier alpha value is -1.94. The van der Waals surface area contributed by atoms with E-state index in [0.717, 1.165) is 17.5 Å². The van der Waals surface area contributed by atoms with E-state index in [4.69, 9.17) is 0 Å². The number of thiophene rings is 1. The van der Waals surface area contributed by atoms with Crippen LogP contribution in [0.1, 0.15) is 11.3 Å². The van der Waals surface area contributed by atoms with Crippen molar-refractivity contribution in [3.05, 3.63) is 53.0 Å². The van der Waals surface area contributed by atoms with Crippen molar-refractivity contribution >= 4 is 28.2 Å². The molecule has 1 aromatic carbocycles. The van der Waals surface area contributed by atoms with Crippen molar-refractivity contribution in [2.75, 3.05) is 0 Å². The highest BCUT2D eigenvalue weighted by Gasteiger charge is 2.07. The third-order valence-corrected chi connectivity index (χ3v) is 4.04. The molecule has 0 aliphatic carbocycles. The van der Waals surface area contributed by atoms with Gasteiger partial charge in [-0.15, -0.1) is 11.3 Å². The molecule has 2 aromatic heterocycles. The Morgan fingerprint density at radius 2 is 2.11 bits per heavy atom. The van der Waals surface area contributed by atoms with E-state index < -0.39 is 0 Å². The largest absolute Gasteiger partial charge is 0.323 e. The van der Waals surface area contributed by atoms with Crippen molar-refractivity contribution in [3.63, 3.8) is 0 Å². The second-order valence-electron chi connectivity index (χ2n) is 4.48. The molecule has 0 aliphatic rings.